The lowest BCUT2D eigenvalue weighted by Crippen LogP contribution is -3.00. The summed E-state index contributed by atoms with van der Waals surface area (Å²) in [5.74, 6) is 0. The van der Waals surface area contributed by atoms with Gasteiger partial charge in [0.05, 0.1) is 0 Å². The summed E-state index contributed by atoms with van der Waals surface area (Å²) in [5.41, 5.74) is 2.23. The lowest BCUT2D eigenvalue weighted by atomic mass is 10.3. The zero-order valence-corrected chi connectivity index (χ0v) is 9.12. The molecule has 0 aliphatic heterocycles. The molecule has 1 aromatic heterocycles. The highest BCUT2D eigenvalue weighted by molar-refractivity contribution is 5.00. The van der Waals surface area contributed by atoms with Gasteiger partial charge in [-0.25, -0.2) is 0 Å². The first-order valence-electron chi connectivity index (χ1n) is 3.28. The van der Waals surface area contributed by atoms with E-state index in [1.165, 1.54) is 0 Å². The summed E-state index contributed by atoms with van der Waals surface area (Å²) in [4.78, 5) is 5.09. The van der Waals surface area contributed by atoms with E-state index in [4.69, 9.17) is 4.84 Å². The first kappa shape index (κ1) is 10.7. The molecule has 0 aliphatic rings. The van der Waals surface area contributed by atoms with Gasteiger partial charge in [-0.05, 0) is 6.07 Å². The van der Waals surface area contributed by atoms with Gasteiger partial charge in [-0.1, -0.05) is 0 Å². The molecule has 0 radical (unpaired) electrons. The summed E-state index contributed by atoms with van der Waals surface area (Å²) >= 11 is 0. The van der Waals surface area contributed by atoms with Crippen LogP contribution in [-0.2, 0) is 0 Å². The van der Waals surface area contributed by atoms with Crippen LogP contribution < -0.4 is 33.5 Å². The molecule has 0 aliphatic carbocycles. The third-order valence-corrected chi connectivity index (χ3v) is 1.50. The van der Waals surface area contributed by atoms with Crippen LogP contribution in [0.15, 0.2) is 18.2 Å². The van der Waals surface area contributed by atoms with Crippen LogP contribution in [0.25, 0.3) is 0 Å². The lowest BCUT2D eigenvalue weighted by Gasteiger charge is -1.96. The van der Waals surface area contributed by atoms with E-state index in [1.807, 2.05) is 32.0 Å². The smallest absolute Gasteiger partial charge is 0.231 e. The minimum Gasteiger partial charge on any atom is -1.00 e. The van der Waals surface area contributed by atoms with E-state index in [2.05, 4.69) is 0 Å². The number of hydrogen-bond donors (Lipinski definition) is 0. The van der Waals surface area contributed by atoms with Crippen LogP contribution >= 0.6 is 0 Å². The van der Waals surface area contributed by atoms with Gasteiger partial charge < -0.3 is 24.0 Å². The first-order chi connectivity index (χ1) is 4.75. The molecule has 0 aromatic carbocycles. The van der Waals surface area contributed by atoms with Crippen LogP contribution in [0, 0.1) is 13.8 Å². The summed E-state index contributed by atoms with van der Waals surface area (Å²) in [6, 6.07) is 6.03. The summed E-state index contributed by atoms with van der Waals surface area (Å²) < 4.78 is 1.79. The van der Waals surface area contributed by atoms with Gasteiger partial charge in [-0.2, -0.15) is 0 Å². The summed E-state index contributed by atoms with van der Waals surface area (Å²) in [7, 11) is 1.67. The van der Waals surface area contributed by atoms with E-state index in [9.17, 15) is 0 Å². The van der Waals surface area contributed by atoms with Crippen molar-refractivity contribution in [3.8, 4) is 0 Å². The standard InChI is InChI=1S/C8H12NO.HI/c1-7-5-4-6-8(2)9(7)10-3;/h4-6H,1-3H3;1H/q+1;/p-1. The van der Waals surface area contributed by atoms with Crippen molar-refractivity contribution in [3.05, 3.63) is 29.6 Å². The SMILES string of the molecule is CO[n+]1c(C)cccc1C.[I-]. The van der Waals surface area contributed by atoms with Crippen LogP contribution in [0.5, 0.6) is 0 Å². The van der Waals surface area contributed by atoms with Crippen molar-refractivity contribution in [2.24, 2.45) is 0 Å². The van der Waals surface area contributed by atoms with Crippen LogP contribution in [-0.4, -0.2) is 7.11 Å². The normalized spacial score (nSPS) is 8.64. The van der Waals surface area contributed by atoms with E-state index < -0.39 is 0 Å². The van der Waals surface area contributed by atoms with Gasteiger partial charge in [0.1, 0.15) is 7.11 Å². The maximum absolute atomic E-state index is 5.09. The molecule has 1 rings (SSSR count). The Labute approximate surface area is 84.2 Å². The Morgan fingerprint density at radius 3 is 1.91 bits per heavy atom. The van der Waals surface area contributed by atoms with E-state index in [-0.39, 0.29) is 24.0 Å². The molecule has 2 nitrogen and oxygen atoms in total. The molecule has 1 aromatic rings. The topological polar surface area (TPSA) is 13.1 Å². The van der Waals surface area contributed by atoms with Gasteiger partial charge in [-0.15, -0.1) is 0 Å². The van der Waals surface area contributed by atoms with Crippen molar-refractivity contribution in [1.29, 1.82) is 0 Å². The zero-order chi connectivity index (χ0) is 7.56. The zero-order valence-electron chi connectivity index (χ0n) is 6.97. The monoisotopic (exact) mass is 265 g/mol. The molecule has 0 unspecified atom stereocenters. The van der Waals surface area contributed by atoms with E-state index in [0.29, 0.717) is 0 Å². The first-order valence-corrected chi connectivity index (χ1v) is 3.28. The molecule has 62 valence electrons. The van der Waals surface area contributed by atoms with Crippen LogP contribution in [0.1, 0.15) is 11.4 Å². The van der Waals surface area contributed by atoms with Gasteiger partial charge in [0.25, 0.3) is 0 Å². The molecular formula is C8H12INO. The molecule has 0 saturated carbocycles. The Hall–Kier alpha value is -0.320. The quantitative estimate of drug-likeness (QED) is 0.409. The van der Waals surface area contributed by atoms with Gasteiger partial charge >= 0.3 is 0 Å². The molecule has 0 bridgehead atoms. The van der Waals surface area contributed by atoms with Crippen LogP contribution in [0.4, 0.5) is 0 Å². The van der Waals surface area contributed by atoms with Crippen molar-refractivity contribution in [2.75, 3.05) is 7.11 Å². The Morgan fingerprint density at radius 1 is 1.18 bits per heavy atom. The summed E-state index contributed by atoms with van der Waals surface area (Å²) in [6.45, 7) is 4.02. The maximum Gasteiger partial charge on any atom is 0.231 e. The average molecular weight is 265 g/mol. The molecule has 0 saturated heterocycles. The highest BCUT2D eigenvalue weighted by Gasteiger charge is 2.07. The van der Waals surface area contributed by atoms with Crippen molar-refractivity contribution in [1.82, 2.24) is 0 Å². The lowest BCUT2D eigenvalue weighted by molar-refractivity contribution is -0.893. The van der Waals surface area contributed by atoms with E-state index >= 15 is 0 Å². The van der Waals surface area contributed by atoms with E-state index in [0.717, 1.165) is 11.4 Å². The Bertz CT molecular complexity index is 217. The second kappa shape index (κ2) is 4.54. The van der Waals surface area contributed by atoms with Crippen molar-refractivity contribution >= 4 is 0 Å². The largest absolute Gasteiger partial charge is 1.00 e. The van der Waals surface area contributed by atoms with Gasteiger partial charge in [0.15, 0.2) is 0 Å². The summed E-state index contributed by atoms with van der Waals surface area (Å²) in [5, 5.41) is 0. The molecule has 0 fully saturated rings. The predicted octanol–water partition coefficient (Wildman–Crippen LogP) is -2.35. The molecule has 1 heterocycles. The van der Waals surface area contributed by atoms with Crippen molar-refractivity contribution < 1.29 is 33.5 Å². The molecule has 11 heavy (non-hydrogen) atoms. The van der Waals surface area contributed by atoms with Crippen LogP contribution in [0.2, 0.25) is 0 Å². The third kappa shape index (κ3) is 2.32. The van der Waals surface area contributed by atoms with Crippen molar-refractivity contribution in [2.45, 2.75) is 13.8 Å². The van der Waals surface area contributed by atoms with Gasteiger partial charge in [-0.3, -0.25) is 4.84 Å². The molecule has 3 heteroatoms. The van der Waals surface area contributed by atoms with Crippen molar-refractivity contribution in [3.63, 3.8) is 0 Å². The number of aryl methyl sites for hydroxylation is 2. The summed E-state index contributed by atoms with van der Waals surface area (Å²) in [6.07, 6.45) is 0. The molecular weight excluding hydrogens is 253 g/mol. The minimum atomic E-state index is 0. The number of nitrogens with zero attached hydrogens (tertiary/aromatic N) is 1. The number of aromatic nitrogens is 1. The number of halogens is 1. The van der Waals surface area contributed by atoms with E-state index in [1.54, 1.807) is 11.8 Å². The molecule has 0 spiro atoms. The van der Waals surface area contributed by atoms with Crippen LogP contribution in [0.3, 0.4) is 0 Å². The molecule has 0 N–H and O–H groups in total. The average Bonchev–Trinajstić information content (AvgIpc) is 1.88. The second-order valence-corrected chi connectivity index (χ2v) is 2.29. The highest BCUT2D eigenvalue weighted by Crippen LogP contribution is 1.91. The maximum atomic E-state index is 5.09. The second-order valence-electron chi connectivity index (χ2n) is 2.29. The fraction of sp³-hybridized carbons (Fsp3) is 0.375. The Kier molecular flexibility index (Phi) is 4.40. The Morgan fingerprint density at radius 2 is 1.64 bits per heavy atom. The highest BCUT2D eigenvalue weighted by atomic mass is 127. The number of pyridine rings is 1. The third-order valence-electron chi connectivity index (χ3n) is 1.50. The fourth-order valence-electron chi connectivity index (χ4n) is 1.03. The molecule has 0 amide bonds. The predicted molar refractivity (Wildman–Crippen MR) is 38.6 cm³/mol. The minimum absolute atomic E-state index is 0. The van der Waals surface area contributed by atoms with Gasteiger partial charge in [0.2, 0.25) is 11.4 Å². The van der Waals surface area contributed by atoms with Gasteiger partial charge in [0, 0.05) is 30.7 Å². The number of hydrogen-bond acceptors (Lipinski definition) is 1. The Balaban J connectivity index is 0.000001000. The molecule has 0 atom stereocenters. The fourth-order valence-corrected chi connectivity index (χ4v) is 1.03. The number of rotatable bonds is 1.